The van der Waals surface area contributed by atoms with Crippen LogP contribution in [0.2, 0.25) is 5.02 Å². The van der Waals surface area contributed by atoms with Crippen molar-refractivity contribution in [1.29, 1.82) is 0 Å². The van der Waals surface area contributed by atoms with E-state index in [9.17, 15) is 18.8 Å². The first-order valence-electron chi connectivity index (χ1n) is 9.82. The summed E-state index contributed by atoms with van der Waals surface area (Å²) in [4.78, 5) is 44.1. The van der Waals surface area contributed by atoms with Gasteiger partial charge >= 0.3 is 6.03 Å². The molecular formula is C22H19ClFN5O3S. The van der Waals surface area contributed by atoms with Crippen LogP contribution in [0.15, 0.2) is 64.9 Å². The zero-order valence-electron chi connectivity index (χ0n) is 17.6. The second-order valence-electron chi connectivity index (χ2n) is 7.56. The quantitative estimate of drug-likeness (QED) is 0.516. The molecule has 170 valence electrons. The number of carbonyl (C=O) groups is 3. The van der Waals surface area contributed by atoms with Crippen LogP contribution in [-0.2, 0) is 22.2 Å². The fraction of sp³-hybridized carbons (Fsp3) is 0.182. The van der Waals surface area contributed by atoms with Crippen LogP contribution in [0.5, 0.6) is 0 Å². The van der Waals surface area contributed by atoms with Crippen molar-refractivity contribution >= 4 is 46.9 Å². The lowest BCUT2D eigenvalue weighted by atomic mass is 9.92. The molecule has 0 radical (unpaired) electrons. The maximum absolute atomic E-state index is 13.3. The standard InChI is InChI=1S/C22H19ClFN5O3S/c1-22(13-3-6-15(24)7-4-13)19(31)29(20(32)27-22)12-18(30)26-16-11-14(23)5-8-17(16)33-21-25-9-10-28(21)2/h3-11H,12H2,1-2H3,(H,26,30)(H,27,32)/t22-/m1/s1. The fourth-order valence-electron chi connectivity index (χ4n) is 3.39. The molecule has 1 saturated heterocycles. The molecule has 0 bridgehead atoms. The first-order valence-corrected chi connectivity index (χ1v) is 11.0. The molecule has 2 heterocycles. The highest BCUT2D eigenvalue weighted by atomic mass is 35.5. The summed E-state index contributed by atoms with van der Waals surface area (Å²) in [7, 11) is 1.85. The molecule has 1 aromatic heterocycles. The topological polar surface area (TPSA) is 96.3 Å². The van der Waals surface area contributed by atoms with Gasteiger partial charge in [0.05, 0.1) is 5.69 Å². The summed E-state index contributed by atoms with van der Waals surface area (Å²) >= 11 is 7.44. The molecule has 0 unspecified atom stereocenters. The molecule has 3 aromatic rings. The van der Waals surface area contributed by atoms with Crippen LogP contribution in [0.1, 0.15) is 12.5 Å². The smallest absolute Gasteiger partial charge is 0.325 e. The Morgan fingerprint density at radius 2 is 1.97 bits per heavy atom. The number of nitrogens with one attached hydrogen (secondary N) is 2. The molecule has 2 N–H and O–H groups in total. The molecule has 1 aliphatic rings. The minimum atomic E-state index is -1.40. The average molecular weight is 488 g/mol. The van der Waals surface area contributed by atoms with E-state index in [4.69, 9.17) is 11.6 Å². The first-order chi connectivity index (χ1) is 15.7. The Balaban J connectivity index is 1.51. The van der Waals surface area contributed by atoms with Gasteiger partial charge in [-0.25, -0.2) is 14.2 Å². The van der Waals surface area contributed by atoms with E-state index in [0.29, 0.717) is 26.3 Å². The van der Waals surface area contributed by atoms with Crippen LogP contribution < -0.4 is 10.6 Å². The van der Waals surface area contributed by atoms with Crippen LogP contribution in [0.25, 0.3) is 0 Å². The Bertz CT molecular complexity index is 1250. The summed E-state index contributed by atoms with van der Waals surface area (Å²) in [6.07, 6.45) is 3.46. The summed E-state index contributed by atoms with van der Waals surface area (Å²) in [6.45, 7) is 1.01. The summed E-state index contributed by atoms with van der Waals surface area (Å²) in [5.74, 6) is -1.65. The fourth-order valence-corrected chi connectivity index (χ4v) is 4.43. The van der Waals surface area contributed by atoms with Gasteiger partial charge in [-0.2, -0.15) is 0 Å². The first kappa shape index (κ1) is 22.8. The summed E-state index contributed by atoms with van der Waals surface area (Å²) in [6, 6.07) is 9.55. The van der Waals surface area contributed by atoms with Crippen LogP contribution in [0.3, 0.4) is 0 Å². The van der Waals surface area contributed by atoms with E-state index in [2.05, 4.69) is 15.6 Å². The Morgan fingerprint density at radius 3 is 2.64 bits per heavy atom. The molecule has 0 spiro atoms. The zero-order valence-corrected chi connectivity index (χ0v) is 19.2. The number of benzene rings is 2. The number of aromatic nitrogens is 2. The molecule has 0 saturated carbocycles. The normalized spacial score (nSPS) is 17.9. The van der Waals surface area contributed by atoms with Crippen molar-refractivity contribution in [2.45, 2.75) is 22.5 Å². The van der Waals surface area contributed by atoms with Gasteiger partial charge in [0, 0.05) is 29.4 Å². The number of anilines is 1. The molecule has 2 aromatic carbocycles. The number of nitrogens with zero attached hydrogens (tertiary/aromatic N) is 3. The van der Waals surface area contributed by atoms with Gasteiger partial charge in [-0.1, -0.05) is 23.7 Å². The van der Waals surface area contributed by atoms with Crippen LogP contribution in [-0.4, -0.2) is 38.8 Å². The maximum atomic E-state index is 13.3. The van der Waals surface area contributed by atoms with Gasteiger partial charge in [0.25, 0.3) is 5.91 Å². The van der Waals surface area contributed by atoms with Crippen LogP contribution >= 0.6 is 23.4 Å². The minimum absolute atomic E-state index is 0.411. The SMILES string of the molecule is Cn1ccnc1Sc1ccc(Cl)cc1NC(=O)CN1C(=O)N[C@](C)(c2ccc(F)cc2)C1=O. The number of aryl methyl sites for hydroxylation is 1. The highest BCUT2D eigenvalue weighted by Gasteiger charge is 2.49. The van der Waals surface area contributed by atoms with Crippen LogP contribution in [0, 0.1) is 5.82 Å². The summed E-state index contributed by atoms with van der Waals surface area (Å²) < 4.78 is 15.1. The number of imide groups is 1. The molecule has 8 nitrogen and oxygen atoms in total. The molecule has 1 aliphatic heterocycles. The molecular weight excluding hydrogens is 469 g/mol. The van der Waals surface area contributed by atoms with Crippen molar-refractivity contribution in [3.63, 3.8) is 0 Å². The van der Waals surface area contributed by atoms with Gasteiger partial charge in [-0.15, -0.1) is 0 Å². The molecule has 33 heavy (non-hydrogen) atoms. The summed E-state index contributed by atoms with van der Waals surface area (Å²) in [5, 5.41) is 6.43. The monoisotopic (exact) mass is 487 g/mol. The Kier molecular flexibility index (Phi) is 6.13. The van der Waals surface area contributed by atoms with E-state index in [1.165, 1.54) is 43.0 Å². The number of urea groups is 1. The summed E-state index contributed by atoms with van der Waals surface area (Å²) in [5.41, 5.74) is -0.567. The molecule has 4 amide bonds. The third-order valence-corrected chi connectivity index (χ3v) is 6.58. The predicted molar refractivity (Wildman–Crippen MR) is 121 cm³/mol. The number of hydrogen-bond acceptors (Lipinski definition) is 5. The number of halogens is 2. The number of hydrogen-bond donors (Lipinski definition) is 2. The van der Waals surface area contributed by atoms with Crippen molar-refractivity contribution in [2.75, 3.05) is 11.9 Å². The van der Waals surface area contributed by atoms with Gasteiger partial charge < -0.3 is 15.2 Å². The zero-order chi connectivity index (χ0) is 23.8. The van der Waals surface area contributed by atoms with E-state index in [1.807, 2.05) is 11.6 Å². The van der Waals surface area contributed by atoms with Crippen molar-refractivity contribution in [2.24, 2.45) is 7.05 Å². The van der Waals surface area contributed by atoms with Gasteiger partial charge in [-0.05, 0) is 54.6 Å². The lowest BCUT2D eigenvalue weighted by molar-refractivity contribution is -0.133. The van der Waals surface area contributed by atoms with E-state index >= 15 is 0 Å². The van der Waals surface area contributed by atoms with E-state index in [1.54, 1.807) is 30.6 Å². The minimum Gasteiger partial charge on any atom is -0.329 e. The van der Waals surface area contributed by atoms with Crippen molar-refractivity contribution < 1.29 is 18.8 Å². The molecule has 1 fully saturated rings. The lowest BCUT2D eigenvalue weighted by Crippen LogP contribution is -2.42. The van der Waals surface area contributed by atoms with Crippen molar-refractivity contribution in [3.05, 3.63) is 71.3 Å². The second-order valence-corrected chi connectivity index (χ2v) is 9.01. The van der Waals surface area contributed by atoms with Gasteiger partial charge in [-0.3, -0.25) is 14.5 Å². The van der Waals surface area contributed by atoms with Gasteiger partial charge in [0.1, 0.15) is 17.9 Å². The highest BCUT2D eigenvalue weighted by Crippen LogP contribution is 2.34. The molecule has 11 heteroatoms. The molecule has 4 rings (SSSR count). The van der Waals surface area contributed by atoms with Gasteiger partial charge in [0.2, 0.25) is 5.91 Å². The second kappa shape index (κ2) is 8.87. The van der Waals surface area contributed by atoms with Crippen LogP contribution in [0.4, 0.5) is 14.9 Å². The number of imidazole rings is 1. The third kappa shape index (κ3) is 4.57. The third-order valence-electron chi connectivity index (χ3n) is 5.19. The number of amides is 4. The number of carbonyl (C=O) groups excluding carboxylic acids is 3. The largest absolute Gasteiger partial charge is 0.329 e. The number of rotatable bonds is 6. The Morgan fingerprint density at radius 1 is 1.24 bits per heavy atom. The maximum Gasteiger partial charge on any atom is 0.325 e. The van der Waals surface area contributed by atoms with E-state index < -0.39 is 35.7 Å². The Hall–Kier alpha value is -3.37. The Labute approximate surface area is 198 Å². The van der Waals surface area contributed by atoms with Gasteiger partial charge in [0.15, 0.2) is 5.16 Å². The van der Waals surface area contributed by atoms with Crippen molar-refractivity contribution in [1.82, 2.24) is 19.8 Å². The van der Waals surface area contributed by atoms with E-state index in [0.717, 1.165) is 4.90 Å². The molecule has 1 atom stereocenters. The lowest BCUT2D eigenvalue weighted by Gasteiger charge is -2.22. The molecule has 0 aliphatic carbocycles. The average Bonchev–Trinajstić information content (AvgIpc) is 3.26. The highest BCUT2D eigenvalue weighted by molar-refractivity contribution is 7.99. The van der Waals surface area contributed by atoms with Crippen molar-refractivity contribution in [3.8, 4) is 0 Å². The van der Waals surface area contributed by atoms with E-state index in [-0.39, 0.29) is 0 Å². The predicted octanol–water partition coefficient (Wildman–Crippen LogP) is 3.77.